The minimum Gasteiger partial charge on any atom is -0.380 e. The molecule has 2 heteroatoms. The normalized spacial score (nSPS) is 13.1. The highest BCUT2D eigenvalue weighted by Gasteiger charge is 2.12. The number of methoxy groups -OCH3 is 1. The maximum atomic E-state index is 5.28. The molecule has 0 amide bonds. The molecule has 1 rings (SSSR count). The summed E-state index contributed by atoms with van der Waals surface area (Å²) in [6.45, 7) is 12.7. The molecule has 0 spiro atoms. The third-order valence-electron chi connectivity index (χ3n) is 3.26. The Balaban J connectivity index is 2.96. The molecular weight excluding hydrogens is 246 g/mol. The molecular formula is C18H29NO. The summed E-state index contributed by atoms with van der Waals surface area (Å²) in [7, 11) is 1.74. The summed E-state index contributed by atoms with van der Waals surface area (Å²) in [5.74, 6) is 0.528. The van der Waals surface area contributed by atoms with Gasteiger partial charge in [0.2, 0.25) is 0 Å². The number of nitrogens with one attached hydrogen (secondary N) is 1. The smallest absolute Gasteiger partial charge is 0.0718 e. The Morgan fingerprint density at radius 1 is 1.25 bits per heavy atom. The van der Waals surface area contributed by atoms with E-state index < -0.39 is 0 Å². The molecule has 1 aromatic carbocycles. The maximum absolute atomic E-state index is 5.28. The van der Waals surface area contributed by atoms with E-state index in [1.165, 1.54) is 16.7 Å². The van der Waals surface area contributed by atoms with Crippen LogP contribution < -0.4 is 5.32 Å². The topological polar surface area (TPSA) is 21.3 Å². The van der Waals surface area contributed by atoms with Crippen LogP contribution in [-0.4, -0.2) is 19.2 Å². The summed E-state index contributed by atoms with van der Waals surface area (Å²) in [4.78, 5) is 0. The predicted octanol–water partition coefficient (Wildman–Crippen LogP) is 4.26. The molecule has 0 aliphatic rings. The van der Waals surface area contributed by atoms with Crippen molar-refractivity contribution in [3.05, 3.63) is 41.0 Å². The number of benzene rings is 1. The van der Waals surface area contributed by atoms with Crippen LogP contribution in [0.3, 0.4) is 0 Å². The first-order valence-electron chi connectivity index (χ1n) is 7.36. The van der Waals surface area contributed by atoms with Gasteiger partial charge in [0, 0.05) is 19.2 Å². The summed E-state index contributed by atoms with van der Waals surface area (Å²) in [5.41, 5.74) is 4.06. The van der Waals surface area contributed by atoms with Crippen LogP contribution in [0.2, 0.25) is 0 Å². The third-order valence-corrected chi connectivity index (χ3v) is 3.26. The molecule has 20 heavy (non-hydrogen) atoms. The van der Waals surface area contributed by atoms with E-state index in [9.17, 15) is 0 Å². The van der Waals surface area contributed by atoms with Gasteiger partial charge in [0.25, 0.3) is 0 Å². The largest absolute Gasteiger partial charge is 0.380 e. The maximum Gasteiger partial charge on any atom is 0.0718 e. The summed E-state index contributed by atoms with van der Waals surface area (Å²) < 4.78 is 5.28. The Labute approximate surface area is 124 Å². The van der Waals surface area contributed by atoms with Crippen LogP contribution in [0.5, 0.6) is 0 Å². The van der Waals surface area contributed by atoms with Crippen LogP contribution in [-0.2, 0) is 11.3 Å². The molecule has 0 aliphatic carbocycles. The average Bonchev–Trinajstić information content (AvgIpc) is 2.35. The van der Waals surface area contributed by atoms with Crippen molar-refractivity contribution in [1.82, 2.24) is 5.32 Å². The van der Waals surface area contributed by atoms with Gasteiger partial charge in [0.15, 0.2) is 0 Å². The molecule has 2 nitrogen and oxygen atoms in total. The van der Waals surface area contributed by atoms with Crippen molar-refractivity contribution in [2.45, 2.75) is 46.8 Å². The second kappa shape index (κ2) is 7.61. The SMILES string of the molecule is COCc1ccccc1C=C(CNC(C)(C)C)C(C)C. The lowest BCUT2D eigenvalue weighted by atomic mass is 9.97. The van der Waals surface area contributed by atoms with Crippen LogP contribution in [0.25, 0.3) is 6.08 Å². The third kappa shape index (κ3) is 5.89. The van der Waals surface area contributed by atoms with Gasteiger partial charge in [-0.05, 0) is 37.8 Å². The van der Waals surface area contributed by atoms with Crippen molar-refractivity contribution in [2.24, 2.45) is 5.92 Å². The fourth-order valence-corrected chi connectivity index (χ4v) is 1.95. The van der Waals surface area contributed by atoms with E-state index in [4.69, 9.17) is 4.74 Å². The highest BCUT2D eigenvalue weighted by molar-refractivity contribution is 5.57. The van der Waals surface area contributed by atoms with Gasteiger partial charge in [0.1, 0.15) is 0 Å². The molecule has 0 heterocycles. The predicted molar refractivity (Wildman–Crippen MR) is 87.7 cm³/mol. The summed E-state index contributed by atoms with van der Waals surface area (Å²) in [6.07, 6.45) is 2.30. The van der Waals surface area contributed by atoms with E-state index in [1.807, 2.05) is 0 Å². The average molecular weight is 275 g/mol. The number of hydrogen-bond donors (Lipinski definition) is 1. The van der Waals surface area contributed by atoms with Crippen molar-refractivity contribution in [1.29, 1.82) is 0 Å². The van der Waals surface area contributed by atoms with E-state index >= 15 is 0 Å². The first-order chi connectivity index (χ1) is 9.33. The molecule has 0 bridgehead atoms. The second-order valence-electron chi connectivity index (χ2n) is 6.61. The van der Waals surface area contributed by atoms with E-state index in [0.717, 1.165) is 6.54 Å². The van der Waals surface area contributed by atoms with Crippen molar-refractivity contribution in [2.75, 3.05) is 13.7 Å². The monoisotopic (exact) mass is 275 g/mol. The van der Waals surface area contributed by atoms with Crippen molar-refractivity contribution >= 4 is 6.08 Å². The molecule has 1 N–H and O–H groups in total. The van der Waals surface area contributed by atoms with E-state index in [1.54, 1.807) is 7.11 Å². The molecule has 0 aliphatic heterocycles. The first-order valence-corrected chi connectivity index (χ1v) is 7.36. The van der Waals surface area contributed by atoms with Gasteiger partial charge in [-0.2, -0.15) is 0 Å². The molecule has 1 aromatic rings. The Morgan fingerprint density at radius 2 is 1.90 bits per heavy atom. The highest BCUT2D eigenvalue weighted by atomic mass is 16.5. The Hall–Kier alpha value is -1.12. The molecule has 0 fully saturated rings. The van der Waals surface area contributed by atoms with E-state index in [-0.39, 0.29) is 5.54 Å². The Kier molecular flexibility index (Phi) is 6.44. The van der Waals surface area contributed by atoms with Crippen LogP contribution in [0, 0.1) is 5.92 Å². The molecule has 0 aromatic heterocycles. The standard InChI is InChI=1S/C18H29NO/c1-14(2)17(12-19-18(3,4)5)11-15-9-7-8-10-16(15)13-20-6/h7-11,14,19H,12-13H2,1-6H3. The Morgan fingerprint density at radius 3 is 2.45 bits per heavy atom. The molecule has 0 radical (unpaired) electrons. The molecule has 112 valence electrons. The van der Waals surface area contributed by atoms with Gasteiger partial charge in [-0.1, -0.05) is 49.8 Å². The van der Waals surface area contributed by atoms with Crippen LogP contribution >= 0.6 is 0 Å². The first kappa shape index (κ1) is 16.9. The quantitative estimate of drug-likeness (QED) is 0.837. The number of ether oxygens (including phenoxy) is 1. The summed E-state index contributed by atoms with van der Waals surface area (Å²) in [6, 6.07) is 8.44. The van der Waals surface area contributed by atoms with E-state index in [0.29, 0.717) is 12.5 Å². The van der Waals surface area contributed by atoms with Gasteiger partial charge in [-0.15, -0.1) is 0 Å². The number of hydrogen-bond acceptors (Lipinski definition) is 2. The molecule has 0 unspecified atom stereocenters. The van der Waals surface area contributed by atoms with Crippen molar-refractivity contribution in [3.8, 4) is 0 Å². The molecule has 0 saturated carbocycles. The lowest BCUT2D eigenvalue weighted by Gasteiger charge is -2.23. The molecule has 0 saturated heterocycles. The summed E-state index contributed by atoms with van der Waals surface area (Å²) >= 11 is 0. The zero-order valence-electron chi connectivity index (χ0n) is 13.8. The van der Waals surface area contributed by atoms with Gasteiger partial charge < -0.3 is 10.1 Å². The summed E-state index contributed by atoms with van der Waals surface area (Å²) in [5, 5.41) is 3.58. The second-order valence-corrected chi connectivity index (χ2v) is 6.61. The lowest BCUT2D eigenvalue weighted by molar-refractivity contribution is 0.184. The fourth-order valence-electron chi connectivity index (χ4n) is 1.95. The molecule has 0 atom stereocenters. The lowest BCUT2D eigenvalue weighted by Crippen LogP contribution is -2.37. The minimum absolute atomic E-state index is 0.139. The van der Waals surface area contributed by atoms with Crippen LogP contribution in [0.1, 0.15) is 45.7 Å². The van der Waals surface area contributed by atoms with Gasteiger partial charge in [0.05, 0.1) is 6.61 Å². The zero-order chi connectivity index (χ0) is 15.2. The van der Waals surface area contributed by atoms with Gasteiger partial charge in [-0.25, -0.2) is 0 Å². The minimum atomic E-state index is 0.139. The fraction of sp³-hybridized carbons (Fsp3) is 0.556. The van der Waals surface area contributed by atoms with E-state index in [2.05, 4.69) is 70.3 Å². The van der Waals surface area contributed by atoms with Crippen molar-refractivity contribution < 1.29 is 4.74 Å². The van der Waals surface area contributed by atoms with Crippen LogP contribution in [0.15, 0.2) is 29.8 Å². The van der Waals surface area contributed by atoms with Crippen molar-refractivity contribution in [3.63, 3.8) is 0 Å². The Bertz CT molecular complexity index is 441. The van der Waals surface area contributed by atoms with Crippen LogP contribution in [0.4, 0.5) is 0 Å². The van der Waals surface area contributed by atoms with Gasteiger partial charge in [-0.3, -0.25) is 0 Å². The zero-order valence-corrected chi connectivity index (χ0v) is 13.8. The van der Waals surface area contributed by atoms with Gasteiger partial charge >= 0.3 is 0 Å². The highest BCUT2D eigenvalue weighted by Crippen LogP contribution is 2.19. The number of rotatable bonds is 6.